The molecule has 1 saturated heterocycles. The predicted octanol–water partition coefficient (Wildman–Crippen LogP) is 8.57. The zero-order chi connectivity index (χ0) is 35.2. The quantitative estimate of drug-likeness (QED) is 0.197. The number of hydrogen-bond acceptors (Lipinski definition) is 7. The van der Waals surface area contributed by atoms with E-state index >= 15 is 0 Å². The second-order valence-electron chi connectivity index (χ2n) is 13.4. The highest BCUT2D eigenvalue weighted by molar-refractivity contribution is 7.15. The van der Waals surface area contributed by atoms with Crippen LogP contribution in [0.2, 0.25) is 0 Å². The van der Waals surface area contributed by atoms with Gasteiger partial charge in [0.2, 0.25) is 5.91 Å². The van der Waals surface area contributed by atoms with E-state index in [1.54, 1.807) is 11.3 Å². The van der Waals surface area contributed by atoms with E-state index in [1.165, 1.54) is 66.8 Å². The molecule has 4 heterocycles. The molecule has 2 aliphatic heterocycles. The molecule has 6 rings (SSSR count). The zero-order valence-corrected chi connectivity index (χ0v) is 30.6. The molecule has 1 aliphatic carbocycles. The number of carboxylic acids is 1. The number of fused-ring (bicyclic) bond motifs is 1. The normalized spacial score (nSPS) is 22.6. The van der Waals surface area contributed by atoms with Gasteiger partial charge >= 0.3 is 5.97 Å². The van der Waals surface area contributed by atoms with Crippen molar-refractivity contribution in [1.82, 2.24) is 19.8 Å². The lowest BCUT2D eigenvalue weighted by atomic mass is 9.78. The summed E-state index contributed by atoms with van der Waals surface area (Å²) in [5.41, 5.74) is 8.18. The minimum absolute atomic E-state index is 0.0764. The van der Waals surface area contributed by atoms with Gasteiger partial charge in [-0.05, 0) is 82.7 Å². The van der Waals surface area contributed by atoms with E-state index in [9.17, 15) is 9.59 Å². The van der Waals surface area contributed by atoms with Crippen LogP contribution < -0.4 is 0 Å². The van der Waals surface area contributed by atoms with Gasteiger partial charge in [0.25, 0.3) is 0 Å². The summed E-state index contributed by atoms with van der Waals surface area (Å²) in [5.74, 6) is 0.0671. The number of morpholine rings is 1. The van der Waals surface area contributed by atoms with Gasteiger partial charge in [0.1, 0.15) is 6.54 Å². The van der Waals surface area contributed by atoms with Crippen molar-refractivity contribution in [2.75, 3.05) is 19.8 Å². The van der Waals surface area contributed by atoms with Crippen LogP contribution in [0.4, 0.5) is 0 Å². The Hall–Kier alpha value is -4.08. The molecule has 49 heavy (non-hydrogen) atoms. The zero-order valence-electron chi connectivity index (χ0n) is 29.7. The number of aliphatic carboxylic acids is 1. The van der Waals surface area contributed by atoms with E-state index in [-0.39, 0.29) is 23.9 Å². The summed E-state index contributed by atoms with van der Waals surface area (Å²) < 4.78 is 5.74. The number of rotatable bonds is 7. The number of ether oxygens (including phenoxy) is 1. The number of pyridine rings is 1. The molecule has 1 N–H and O–H groups in total. The van der Waals surface area contributed by atoms with Gasteiger partial charge in [0.15, 0.2) is 0 Å². The molecule has 1 saturated carbocycles. The van der Waals surface area contributed by atoms with Gasteiger partial charge < -0.3 is 19.6 Å². The van der Waals surface area contributed by atoms with Crippen molar-refractivity contribution in [3.63, 3.8) is 0 Å². The van der Waals surface area contributed by atoms with Gasteiger partial charge in [-0.2, -0.15) is 0 Å². The molecular formula is C40H50N4O4S. The molecule has 8 nitrogen and oxygen atoms in total. The van der Waals surface area contributed by atoms with Crippen molar-refractivity contribution in [1.29, 1.82) is 0 Å². The van der Waals surface area contributed by atoms with E-state index in [0.29, 0.717) is 25.7 Å². The first-order chi connectivity index (χ1) is 23.5. The Morgan fingerprint density at radius 1 is 1.04 bits per heavy atom. The maximum atomic E-state index is 14.0. The fourth-order valence-electron chi connectivity index (χ4n) is 7.77. The number of allylic oxidation sites excluding steroid dienone is 4. The number of carboxylic acid groups (broad SMARTS) is 1. The molecule has 2 aromatic heterocycles. The van der Waals surface area contributed by atoms with Crippen LogP contribution in [0.1, 0.15) is 76.1 Å². The van der Waals surface area contributed by atoms with Crippen LogP contribution >= 0.6 is 11.3 Å². The minimum atomic E-state index is -0.945. The second kappa shape index (κ2) is 16.1. The van der Waals surface area contributed by atoms with Gasteiger partial charge in [-0.25, -0.2) is 14.8 Å². The van der Waals surface area contributed by atoms with Crippen LogP contribution in [-0.2, 0) is 14.3 Å². The average Bonchev–Trinajstić information content (AvgIpc) is 3.57. The Morgan fingerprint density at radius 2 is 1.76 bits per heavy atom. The summed E-state index contributed by atoms with van der Waals surface area (Å²) in [5, 5.41) is 10.1. The van der Waals surface area contributed by atoms with E-state index in [4.69, 9.17) is 14.8 Å². The number of thiazole rings is 1. The van der Waals surface area contributed by atoms with Crippen LogP contribution in [0, 0.1) is 25.7 Å². The van der Waals surface area contributed by atoms with Gasteiger partial charge in [-0.15, -0.1) is 11.3 Å². The molecule has 3 aromatic rings. The number of carbonyl (C=O) groups is 2. The predicted molar refractivity (Wildman–Crippen MR) is 199 cm³/mol. The first-order valence-electron chi connectivity index (χ1n) is 17.5. The maximum Gasteiger partial charge on any atom is 0.328 e. The molecule has 260 valence electrons. The Kier molecular flexibility index (Phi) is 11.9. The van der Waals surface area contributed by atoms with Gasteiger partial charge in [-0.1, -0.05) is 63.1 Å². The summed E-state index contributed by atoms with van der Waals surface area (Å²) in [6.07, 6.45) is 12.4. The fourth-order valence-corrected chi connectivity index (χ4v) is 8.66. The summed E-state index contributed by atoms with van der Waals surface area (Å²) >= 11 is 1.70. The number of carbonyl (C=O) groups excluding carboxylic acids is 1. The third kappa shape index (κ3) is 8.05. The SMILES string of the molecule is C/C=C1\C(C)C(C2CCCCC2)=C(c2ccc3nc(-c4sc(C)nc4C)ccc3c2)N1CC(=O)N1C(C)COCC1C.C=C/C=C/C(=O)O. The van der Waals surface area contributed by atoms with Crippen LogP contribution in [0.5, 0.6) is 0 Å². The highest BCUT2D eigenvalue weighted by atomic mass is 32.1. The van der Waals surface area contributed by atoms with Gasteiger partial charge in [0.05, 0.1) is 52.1 Å². The standard InChI is InChI=1S/C35H44N4O2S.C5H6O2/c1-7-31-23(4)33(26-11-9-8-10-12-26)34(38(31)18-32(40)39-21(2)19-41-20-22(39)3)28-14-15-29-27(17-28)13-16-30(37-29)35-24(5)36-25(6)42-35;1-2-3-4-5(6)7/h7,13-17,21-23,26H,8-12,18-20H2,1-6H3;2-4H,1H2,(H,6,7)/b31-7+;4-3+. The van der Waals surface area contributed by atoms with Crippen LogP contribution in [0.3, 0.4) is 0 Å². The number of amides is 1. The Balaban J connectivity index is 0.000000606. The highest BCUT2D eigenvalue weighted by Gasteiger charge is 2.40. The van der Waals surface area contributed by atoms with Crippen LogP contribution in [0.25, 0.3) is 27.2 Å². The molecule has 2 fully saturated rings. The molecule has 0 radical (unpaired) electrons. The molecule has 1 amide bonds. The Bertz CT molecular complexity index is 1770. The van der Waals surface area contributed by atoms with Crippen molar-refractivity contribution in [3.05, 3.63) is 88.7 Å². The first kappa shape index (κ1) is 36.2. The average molecular weight is 683 g/mol. The number of aryl methyl sites for hydroxylation is 2. The summed E-state index contributed by atoms with van der Waals surface area (Å²) in [4.78, 5) is 38.8. The lowest BCUT2D eigenvalue weighted by Crippen LogP contribution is -2.54. The number of aromatic nitrogens is 2. The lowest BCUT2D eigenvalue weighted by molar-refractivity contribution is -0.144. The fraction of sp³-hybridized carbons (Fsp3) is 0.450. The van der Waals surface area contributed by atoms with E-state index in [1.807, 2.05) is 11.8 Å². The second-order valence-corrected chi connectivity index (χ2v) is 14.6. The molecule has 3 aliphatic rings. The van der Waals surface area contributed by atoms with Crippen LogP contribution in [-0.4, -0.2) is 68.6 Å². The third-order valence-electron chi connectivity index (χ3n) is 9.83. The summed E-state index contributed by atoms with van der Waals surface area (Å²) in [7, 11) is 0. The number of nitrogens with zero attached hydrogens (tertiary/aromatic N) is 4. The maximum absolute atomic E-state index is 14.0. The molecule has 0 bridgehead atoms. The third-order valence-corrected chi connectivity index (χ3v) is 10.9. The van der Waals surface area contributed by atoms with E-state index < -0.39 is 5.97 Å². The summed E-state index contributed by atoms with van der Waals surface area (Å²) in [6.45, 7) is 17.6. The minimum Gasteiger partial charge on any atom is -0.478 e. The van der Waals surface area contributed by atoms with Crippen molar-refractivity contribution in [2.45, 2.75) is 85.7 Å². The molecule has 9 heteroatoms. The smallest absolute Gasteiger partial charge is 0.328 e. The van der Waals surface area contributed by atoms with Crippen molar-refractivity contribution >= 4 is 39.8 Å². The largest absolute Gasteiger partial charge is 0.478 e. The molecule has 1 aromatic carbocycles. The van der Waals surface area contributed by atoms with E-state index in [0.717, 1.165) is 38.3 Å². The number of hydrogen-bond donors (Lipinski definition) is 1. The summed E-state index contributed by atoms with van der Waals surface area (Å²) in [6, 6.07) is 11.1. The lowest BCUT2D eigenvalue weighted by Gasteiger charge is -2.40. The van der Waals surface area contributed by atoms with Gasteiger partial charge in [-0.3, -0.25) is 4.79 Å². The van der Waals surface area contributed by atoms with Crippen molar-refractivity contribution < 1.29 is 19.4 Å². The monoisotopic (exact) mass is 682 g/mol. The molecule has 3 atom stereocenters. The Labute approximate surface area is 294 Å². The topological polar surface area (TPSA) is 95.9 Å². The van der Waals surface area contributed by atoms with E-state index in [2.05, 4.69) is 87.5 Å². The highest BCUT2D eigenvalue weighted by Crippen LogP contribution is 2.49. The first-order valence-corrected chi connectivity index (χ1v) is 18.3. The van der Waals surface area contributed by atoms with Gasteiger partial charge in [0, 0.05) is 28.8 Å². The van der Waals surface area contributed by atoms with Crippen molar-refractivity contribution in [2.24, 2.45) is 11.8 Å². The Morgan fingerprint density at radius 3 is 2.35 bits per heavy atom. The molecular weight excluding hydrogens is 633 g/mol. The molecule has 3 unspecified atom stereocenters. The van der Waals surface area contributed by atoms with Crippen molar-refractivity contribution in [3.8, 4) is 10.6 Å². The van der Waals surface area contributed by atoms with Crippen LogP contribution in [0.15, 0.2) is 72.5 Å². The molecule has 0 spiro atoms. The number of benzene rings is 1.